The number of primary amides is 1. The number of hydrogen-bond donors (Lipinski definition) is 20. The molecule has 4 saturated heterocycles. The highest BCUT2D eigenvalue weighted by Crippen LogP contribution is 2.28. The Morgan fingerprint density at radius 1 is 0.519 bits per heavy atom. The zero-order valence-corrected chi connectivity index (χ0v) is 74.8. The third kappa shape index (κ3) is 28.4. The van der Waals surface area contributed by atoms with Gasteiger partial charge >= 0.3 is 17.9 Å². The van der Waals surface area contributed by atoms with Gasteiger partial charge in [-0.05, 0) is 79.5 Å². The SMILES string of the molecule is CCCC[C@H]1C(=O)N(C)[C@@H](CCCC)C(=O)N[C@@H](CCC(=O)O)C(=O)N[C@H](C(=O)NCC(N)=O)CSCC(=O)N[C@@H](Cc2ccc(O)cc2)C(=O)N2CCOC[C@H]2C(=O)N[C@@H](CC(=O)O)C(=O)N2CCC[C@H]2C(=O)N[C@@H](CN)C(=O)N[C@@H](CCC(=O)O)C(=O)N2C[C@H](O)C[C@H]2C(=O)N[C@@H](Cc2c[nH]c3ccccc23)C(=O)N[C@@H](CO)C(=O)N[C@@H](Cc2c[nH]c3ccccc23)C(=O)N1C. The molecule has 46 heteroatoms. The lowest BCUT2D eigenvalue weighted by molar-refractivity contribution is -0.153. The number of phenols is 1. The van der Waals surface area contributed by atoms with Crippen molar-refractivity contribution in [3.63, 3.8) is 0 Å². The van der Waals surface area contributed by atoms with Gasteiger partial charge in [0.2, 0.25) is 94.5 Å². The van der Waals surface area contributed by atoms with Crippen LogP contribution in [0.1, 0.15) is 120 Å². The third-order valence-corrected chi connectivity index (χ3v) is 24.6. The van der Waals surface area contributed by atoms with E-state index >= 15 is 38.4 Å². The molecule has 2 aromatic heterocycles. The number of likely N-dealkylation sites (N-methyl/N-ethyl adjacent to an activating group) is 2. The van der Waals surface area contributed by atoms with E-state index in [-0.39, 0.29) is 83.2 Å². The van der Waals surface area contributed by atoms with Crippen LogP contribution in [-0.2, 0) is 115 Å². The summed E-state index contributed by atoms with van der Waals surface area (Å²) in [4.78, 5) is 284. The third-order valence-electron chi connectivity index (χ3n) is 23.6. The minimum Gasteiger partial charge on any atom is -0.508 e. The lowest BCUT2D eigenvalue weighted by Crippen LogP contribution is -2.63. The number of morpholine rings is 1. The second-order valence-electron chi connectivity index (χ2n) is 33.1. The number of amides is 16. The van der Waals surface area contributed by atoms with Crippen molar-refractivity contribution in [1.29, 1.82) is 0 Å². The number of carboxylic acid groups (broad SMARTS) is 3. The maximum atomic E-state index is 15.7. The summed E-state index contributed by atoms with van der Waals surface area (Å²) in [6.07, 6.45) is -2.80. The maximum absolute atomic E-state index is 15.7. The highest BCUT2D eigenvalue weighted by atomic mass is 32.2. The number of benzene rings is 3. The first-order valence-electron chi connectivity index (χ1n) is 43.8. The highest BCUT2D eigenvalue weighted by molar-refractivity contribution is 8.00. The van der Waals surface area contributed by atoms with Gasteiger partial charge < -0.3 is 134 Å². The summed E-state index contributed by atoms with van der Waals surface area (Å²) >= 11 is 0.681. The number of aromatic nitrogens is 2. The zero-order chi connectivity index (χ0) is 97.0. The number of aromatic hydroxyl groups is 1. The Morgan fingerprint density at radius 2 is 1.02 bits per heavy atom. The second kappa shape index (κ2) is 49.2. The standard InChI is InChI=1S/C87H117N19O26S/c1-5-7-18-64-79(123)94-55(25-27-71(112)113)75(119)101-63(74(118)92-40-69(89)110)44-133-45-70(111)93-58(32-46-21-23-49(108)24-22-46)85(129)105-30-31-132-43-68(105)82(126)98-60(36-73(116)117)86(130)104-29-13-20-65(104)80(124)99-61(37-88)77(121)95-56(26-28-72(114)115)84(128)106-41-50(109)35-67(106)81(125)96-57(33-47-38-90-53-16-11-9-14-51(47)53)76(120)100-62(42-107)78(122)97-59(34-48-39-91-54-17-12-10-15-52(48)54)83(127)103(4)66(19-8-6-2)87(131)102(64)3/h9-12,14-17,21-24,38-39,50,55-68,90-91,107-109H,5-8,13,18-20,25-37,40-45,88H2,1-4H3,(H2,89,110)(H,92,118)(H,93,111)(H,94,123)(H,95,121)(H,96,125)(H,97,122)(H,98,126)(H,99,124)(H,100,120)(H,101,119)(H,112,113)(H,114,115)(H,116,117)/t50-,55+,56+,57+,58+,59+,60+,61+,62+,63+,64+,65+,66+,67+,68+/m1/s1. The molecule has 0 spiro atoms. The summed E-state index contributed by atoms with van der Waals surface area (Å²) < 4.78 is 5.65. The van der Waals surface area contributed by atoms with Gasteiger partial charge in [-0.15, -0.1) is 11.8 Å². The van der Waals surface area contributed by atoms with Crippen LogP contribution >= 0.6 is 11.8 Å². The Hall–Kier alpha value is -13.3. The van der Waals surface area contributed by atoms with Crippen molar-refractivity contribution in [3.05, 3.63) is 102 Å². The Balaban J connectivity index is 1.09. The van der Waals surface area contributed by atoms with Gasteiger partial charge in [0.25, 0.3) is 0 Å². The molecular formula is C87H117N19O26S. The van der Waals surface area contributed by atoms with Crippen LogP contribution in [0.25, 0.3) is 21.8 Å². The van der Waals surface area contributed by atoms with Crippen LogP contribution in [0, 0.1) is 0 Å². The highest BCUT2D eigenvalue weighted by Gasteiger charge is 2.47. The lowest BCUT2D eigenvalue weighted by Gasteiger charge is -2.37. The topological polar surface area (TPSA) is 675 Å². The summed E-state index contributed by atoms with van der Waals surface area (Å²) in [6, 6.07) is -4.86. The molecule has 3 aromatic carbocycles. The number of carboxylic acids is 3. The molecule has 45 nitrogen and oxygen atoms in total. The predicted molar refractivity (Wildman–Crippen MR) is 474 cm³/mol. The molecule has 5 aromatic rings. The molecular weight excluding hydrogens is 1760 g/mol. The van der Waals surface area contributed by atoms with Gasteiger partial charge in [-0.25, -0.2) is 0 Å². The number of para-hydroxylation sites is 2. The normalized spacial score (nSPS) is 25.4. The first-order chi connectivity index (χ1) is 63.4. The van der Waals surface area contributed by atoms with E-state index in [0.717, 1.165) is 24.5 Å². The quantitative estimate of drug-likeness (QED) is 0.0262. The average molecular weight is 1880 g/mol. The number of aliphatic hydroxyl groups excluding tert-OH is 2. The van der Waals surface area contributed by atoms with Gasteiger partial charge in [0.1, 0.15) is 90.3 Å². The van der Waals surface area contributed by atoms with Crippen LogP contribution in [0.4, 0.5) is 0 Å². The number of aliphatic hydroxyl groups is 2. The molecule has 4 aliphatic heterocycles. The zero-order valence-electron chi connectivity index (χ0n) is 74.0. The van der Waals surface area contributed by atoms with E-state index in [4.69, 9.17) is 16.2 Å². The molecule has 0 aliphatic carbocycles. The summed E-state index contributed by atoms with van der Waals surface area (Å²) in [5.74, 6) is -22.9. The first kappa shape index (κ1) is 103. The number of phenolic OH excluding ortho intramolecular Hbond substituents is 1. The molecule has 16 amide bonds. The van der Waals surface area contributed by atoms with Crippen LogP contribution in [0.3, 0.4) is 0 Å². The van der Waals surface area contributed by atoms with Crippen LogP contribution in [0.15, 0.2) is 85.2 Å². The number of nitrogens with one attached hydrogen (secondary N) is 12. The number of nitrogens with zero attached hydrogens (tertiary/aromatic N) is 5. The van der Waals surface area contributed by atoms with E-state index in [1.807, 2.05) is 0 Å². The molecule has 0 bridgehead atoms. The smallest absolute Gasteiger partial charge is 0.305 e. The molecule has 133 heavy (non-hydrogen) atoms. The van der Waals surface area contributed by atoms with Gasteiger partial charge in [0, 0.05) is 119 Å². The van der Waals surface area contributed by atoms with E-state index in [1.165, 1.54) is 44.6 Å². The average Bonchev–Trinajstić information content (AvgIpc) is 1.16. The van der Waals surface area contributed by atoms with Gasteiger partial charge in [0.15, 0.2) is 0 Å². The molecule has 4 fully saturated rings. The monoisotopic (exact) mass is 1880 g/mol. The molecule has 722 valence electrons. The van der Waals surface area contributed by atoms with Gasteiger partial charge in [-0.1, -0.05) is 88.1 Å². The summed E-state index contributed by atoms with van der Waals surface area (Å²) in [6.45, 7) is -1.10. The van der Waals surface area contributed by atoms with Crippen LogP contribution in [-0.4, -0.2) is 346 Å². The lowest BCUT2D eigenvalue weighted by atomic mass is 10.00. The largest absolute Gasteiger partial charge is 0.508 e. The first-order valence-corrected chi connectivity index (χ1v) is 45.0. The number of aromatic amines is 2. The van der Waals surface area contributed by atoms with Gasteiger partial charge in [-0.2, -0.15) is 0 Å². The number of ether oxygens (including phenoxy) is 1. The summed E-state index contributed by atoms with van der Waals surface area (Å²) in [5.41, 5.74) is 13.9. The Kier molecular flexibility index (Phi) is 38.3. The fraction of sp³-hybridized carbons (Fsp3) is 0.529. The fourth-order valence-corrected chi connectivity index (χ4v) is 17.2. The summed E-state index contributed by atoms with van der Waals surface area (Å²) in [7, 11) is 2.55. The number of nitrogens with two attached hydrogens (primary N) is 2. The van der Waals surface area contributed by atoms with Crippen molar-refractivity contribution in [2.75, 3.05) is 78.1 Å². The summed E-state index contributed by atoms with van der Waals surface area (Å²) in [5, 5.41) is 89.0. The number of unbranched alkanes of at least 4 members (excludes halogenated alkanes) is 2. The van der Waals surface area contributed by atoms with Crippen molar-refractivity contribution in [2.45, 2.75) is 214 Å². The molecule has 4 aliphatic rings. The number of thioether (sulfide) groups is 1. The predicted octanol–water partition coefficient (Wildman–Crippen LogP) is -4.54. The van der Waals surface area contributed by atoms with E-state index in [1.54, 1.807) is 68.6 Å². The molecule has 6 heterocycles. The number of aliphatic carboxylic acids is 3. The van der Waals surface area contributed by atoms with Crippen molar-refractivity contribution >= 4 is 146 Å². The van der Waals surface area contributed by atoms with Crippen LogP contribution in [0.2, 0.25) is 0 Å². The van der Waals surface area contributed by atoms with E-state index < -0.39 is 286 Å². The molecule has 22 N–H and O–H groups in total. The van der Waals surface area contributed by atoms with E-state index in [9.17, 15) is 83.4 Å². The van der Waals surface area contributed by atoms with Crippen LogP contribution in [0.5, 0.6) is 5.75 Å². The number of H-pyrrole nitrogens is 2. The fourth-order valence-electron chi connectivity index (χ4n) is 16.4. The minimum absolute atomic E-state index is 0.0697. The number of carbonyl (C=O) groups excluding carboxylic acids is 16. The molecule has 9 rings (SSSR count). The Bertz CT molecular complexity index is 5070. The van der Waals surface area contributed by atoms with Crippen molar-refractivity contribution in [2.24, 2.45) is 11.5 Å². The maximum Gasteiger partial charge on any atom is 0.305 e. The molecule has 0 radical (unpaired) electrons. The number of carbonyl (C=O) groups is 19. The Labute approximate surface area is 767 Å². The number of hydrogen-bond acceptors (Lipinski definition) is 25. The molecule has 15 atom stereocenters. The molecule has 0 unspecified atom stereocenters. The van der Waals surface area contributed by atoms with Crippen molar-refractivity contribution < 1.29 is 126 Å². The molecule has 0 saturated carbocycles. The number of rotatable bonds is 25. The van der Waals surface area contributed by atoms with E-state index in [2.05, 4.69) is 63.1 Å². The van der Waals surface area contributed by atoms with Crippen LogP contribution < -0.4 is 64.6 Å². The minimum atomic E-state index is -1.99. The number of fused-ring (bicyclic) bond motifs is 5. The Morgan fingerprint density at radius 3 is 1.63 bits per heavy atom. The second-order valence-corrected chi connectivity index (χ2v) is 34.1. The van der Waals surface area contributed by atoms with Crippen molar-refractivity contribution in [3.8, 4) is 5.75 Å². The van der Waals surface area contributed by atoms with Gasteiger partial charge in [0.05, 0.1) is 44.6 Å². The van der Waals surface area contributed by atoms with E-state index in [0.29, 0.717) is 63.1 Å². The van der Waals surface area contributed by atoms with Gasteiger partial charge in [-0.3, -0.25) is 91.1 Å². The van der Waals surface area contributed by atoms with Crippen molar-refractivity contribution in [1.82, 2.24) is 87.6 Å².